The van der Waals surface area contributed by atoms with Crippen molar-refractivity contribution in [3.05, 3.63) is 18.2 Å². The maximum absolute atomic E-state index is 12.9. The molecule has 0 saturated heterocycles. The average Bonchev–Trinajstić information content (AvgIpc) is 2.20. The molecule has 5 nitrogen and oxygen atoms in total. The lowest BCUT2D eigenvalue weighted by atomic mass is 9.87. The van der Waals surface area contributed by atoms with E-state index in [0.29, 0.717) is 5.46 Å². The highest BCUT2D eigenvalue weighted by Gasteiger charge is 2.54. The molecule has 0 heterocycles. The van der Waals surface area contributed by atoms with Crippen molar-refractivity contribution < 1.29 is 31.3 Å². The SMILES string of the molecule is Bc1ccc(OC(=O)C(F)(F)S(=O)(=O)O)c(B)c1. The zero-order chi connectivity index (χ0) is 14.1. The lowest BCUT2D eigenvalue weighted by Crippen LogP contribution is -2.41. The van der Waals surface area contributed by atoms with Crippen molar-refractivity contribution in [3.63, 3.8) is 0 Å². The van der Waals surface area contributed by atoms with Crippen molar-refractivity contribution in [2.75, 3.05) is 0 Å². The maximum atomic E-state index is 12.9. The van der Waals surface area contributed by atoms with Crippen LogP contribution in [0.25, 0.3) is 0 Å². The minimum atomic E-state index is -5.85. The molecule has 1 aromatic carbocycles. The van der Waals surface area contributed by atoms with Gasteiger partial charge < -0.3 is 4.74 Å². The summed E-state index contributed by atoms with van der Waals surface area (Å²) in [5, 5.41) is -5.00. The number of hydrogen-bond acceptors (Lipinski definition) is 4. The lowest BCUT2D eigenvalue weighted by Gasteiger charge is -2.13. The van der Waals surface area contributed by atoms with Gasteiger partial charge in [-0.2, -0.15) is 17.2 Å². The van der Waals surface area contributed by atoms with Crippen LogP contribution in [-0.2, 0) is 14.9 Å². The summed E-state index contributed by atoms with van der Waals surface area (Å²) in [7, 11) is -2.61. The summed E-state index contributed by atoms with van der Waals surface area (Å²) in [4.78, 5) is 11.0. The van der Waals surface area contributed by atoms with Crippen molar-refractivity contribution in [1.82, 2.24) is 0 Å². The van der Waals surface area contributed by atoms with Gasteiger partial charge in [-0.05, 0) is 11.5 Å². The molecule has 0 radical (unpaired) electrons. The van der Waals surface area contributed by atoms with E-state index in [-0.39, 0.29) is 5.75 Å². The number of alkyl halides is 2. The molecule has 0 aromatic heterocycles. The molecular formula is C8H8B2F2O5S. The van der Waals surface area contributed by atoms with Crippen LogP contribution in [0.15, 0.2) is 18.2 Å². The number of benzene rings is 1. The first-order chi connectivity index (χ1) is 8.05. The first-order valence-corrected chi connectivity index (χ1v) is 6.14. The second-order valence-corrected chi connectivity index (χ2v) is 5.11. The Balaban J connectivity index is 3.02. The molecule has 0 aliphatic heterocycles. The van der Waals surface area contributed by atoms with Gasteiger partial charge in [0.1, 0.15) is 21.4 Å². The summed E-state index contributed by atoms with van der Waals surface area (Å²) < 4.78 is 59.0. The molecule has 10 heteroatoms. The molecule has 0 unspecified atom stereocenters. The average molecular weight is 276 g/mol. The Morgan fingerprint density at radius 3 is 2.33 bits per heavy atom. The van der Waals surface area contributed by atoms with E-state index in [1.54, 1.807) is 13.9 Å². The summed E-state index contributed by atoms with van der Waals surface area (Å²) >= 11 is 0. The quantitative estimate of drug-likeness (QED) is 0.288. The molecule has 1 aromatic rings. The molecule has 0 fully saturated rings. The predicted octanol–water partition coefficient (Wildman–Crippen LogP) is -2.41. The van der Waals surface area contributed by atoms with Gasteiger partial charge in [0.25, 0.3) is 0 Å². The smallest absolute Gasteiger partial charge is 0.422 e. The topological polar surface area (TPSA) is 80.7 Å². The molecule has 1 rings (SSSR count). The van der Waals surface area contributed by atoms with E-state index in [1.807, 2.05) is 0 Å². The zero-order valence-corrected chi connectivity index (χ0v) is 10.3. The van der Waals surface area contributed by atoms with Crippen LogP contribution in [0.4, 0.5) is 8.78 Å². The standard InChI is InChI=1S/C8H8B2F2O5S/c9-4-1-2-6(5(10)3-4)17-7(13)8(11,12)18(14,15)16/h1-3H,9-10H2,(H,14,15,16). The van der Waals surface area contributed by atoms with E-state index in [1.165, 1.54) is 20.0 Å². The third-order valence-electron chi connectivity index (χ3n) is 2.09. The Morgan fingerprint density at radius 1 is 1.33 bits per heavy atom. The van der Waals surface area contributed by atoms with Crippen LogP contribution in [0.3, 0.4) is 0 Å². The first kappa shape index (κ1) is 14.7. The minimum Gasteiger partial charge on any atom is -0.422 e. The van der Waals surface area contributed by atoms with Crippen LogP contribution in [-0.4, -0.2) is 39.9 Å². The van der Waals surface area contributed by atoms with Crippen LogP contribution in [0.1, 0.15) is 0 Å². The second kappa shape index (κ2) is 4.69. The van der Waals surface area contributed by atoms with E-state index >= 15 is 0 Å². The lowest BCUT2D eigenvalue weighted by molar-refractivity contribution is -0.151. The summed E-state index contributed by atoms with van der Waals surface area (Å²) in [6, 6.07) is 4.32. The highest BCUT2D eigenvalue weighted by atomic mass is 32.2. The van der Waals surface area contributed by atoms with Gasteiger partial charge in [0, 0.05) is 0 Å². The number of carbonyl (C=O) groups is 1. The largest absolute Gasteiger partial charge is 0.466 e. The van der Waals surface area contributed by atoms with Crippen molar-refractivity contribution in [3.8, 4) is 5.75 Å². The number of rotatable bonds is 3. The number of hydrogen-bond donors (Lipinski definition) is 1. The molecule has 96 valence electrons. The van der Waals surface area contributed by atoms with Crippen molar-refractivity contribution in [1.29, 1.82) is 0 Å². The van der Waals surface area contributed by atoms with Gasteiger partial charge in [-0.15, -0.1) is 0 Å². The van der Waals surface area contributed by atoms with Gasteiger partial charge in [-0.3, -0.25) is 4.55 Å². The summed E-state index contributed by atoms with van der Waals surface area (Å²) in [5.74, 6) is -2.55. The number of esters is 1. The van der Waals surface area contributed by atoms with Crippen molar-refractivity contribution >= 4 is 42.7 Å². The highest BCUT2D eigenvalue weighted by Crippen LogP contribution is 2.23. The molecule has 1 N–H and O–H groups in total. The van der Waals surface area contributed by atoms with Crippen LogP contribution >= 0.6 is 0 Å². The first-order valence-electron chi connectivity index (χ1n) is 4.70. The highest BCUT2D eigenvalue weighted by molar-refractivity contribution is 7.87. The molecule has 0 saturated carbocycles. The fraction of sp³-hybridized carbons (Fsp3) is 0.125. The number of halogens is 2. The van der Waals surface area contributed by atoms with Crippen molar-refractivity contribution in [2.45, 2.75) is 5.25 Å². The van der Waals surface area contributed by atoms with E-state index in [4.69, 9.17) is 4.55 Å². The fourth-order valence-electron chi connectivity index (χ4n) is 1.18. The third-order valence-corrected chi connectivity index (χ3v) is 2.91. The Morgan fingerprint density at radius 2 is 1.89 bits per heavy atom. The molecular weight excluding hydrogens is 268 g/mol. The van der Waals surface area contributed by atoms with Crippen molar-refractivity contribution in [2.24, 2.45) is 0 Å². The van der Waals surface area contributed by atoms with E-state index in [0.717, 1.165) is 5.46 Å². The Labute approximate surface area is 104 Å². The summed E-state index contributed by atoms with van der Waals surface area (Å²) in [5.41, 5.74) is 1.20. The molecule has 0 bridgehead atoms. The van der Waals surface area contributed by atoms with Gasteiger partial charge in [-0.25, -0.2) is 4.79 Å². The van der Waals surface area contributed by atoms with Gasteiger partial charge in [0.2, 0.25) is 0 Å². The normalized spacial score (nSPS) is 12.2. The van der Waals surface area contributed by atoms with Crippen LogP contribution in [0.2, 0.25) is 0 Å². The van der Waals surface area contributed by atoms with E-state index < -0.39 is 21.3 Å². The molecule has 0 atom stereocenters. The molecule has 0 amide bonds. The van der Waals surface area contributed by atoms with E-state index in [2.05, 4.69) is 4.74 Å². The number of ether oxygens (including phenoxy) is 1. The fourth-order valence-corrected chi connectivity index (χ4v) is 1.43. The van der Waals surface area contributed by atoms with Gasteiger partial charge in [-0.1, -0.05) is 17.6 Å². The van der Waals surface area contributed by atoms with Gasteiger partial charge >= 0.3 is 21.3 Å². The Bertz CT molecular complexity index is 587. The second-order valence-electron chi connectivity index (χ2n) is 3.65. The minimum absolute atomic E-state index is 0.200. The molecule has 18 heavy (non-hydrogen) atoms. The zero-order valence-electron chi connectivity index (χ0n) is 9.48. The van der Waals surface area contributed by atoms with Crippen LogP contribution < -0.4 is 15.7 Å². The summed E-state index contributed by atoms with van der Waals surface area (Å²) in [6.07, 6.45) is 0. The van der Waals surface area contributed by atoms with Crippen LogP contribution in [0.5, 0.6) is 5.75 Å². The Hall–Kier alpha value is -1.41. The Kier molecular flexibility index (Phi) is 3.82. The maximum Gasteiger partial charge on any atom is 0.466 e. The molecule has 0 spiro atoms. The van der Waals surface area contributed by atoms with E-state index in [9.17, 15) is 22.0 Å². The molecule has 0 aliphatic carbocycles. The van der Waals surface area contributed by atoms with Gasteiger partial charge in [0.05, 0.1) is 0 Å². The predicted molar refractivity (Wildman–Crippen MR) is 64.9 cm³/mol. The van der Waals surface area contributed by atoms with Gasteiger partial charge in [0.15, 0.2) is 0 Å². The number of carbonyl (C=O) groups excluding carboxylic acids is 1. The monoisotopic (exact) mass is 276 g/mol. The van der Waals surface area contributed by atoms with Crippen LogP contribution in [0, 0.1) is 0 Å². The summed E-state index contributed by atoms with van der Waals surface area (Å²) in [6.45, 7) is 0. The third kappa shape index (κ3) is 2.88. The molecule has 0 aliphatic rings.